The molecule has 0 saturated carbocycles. The molecule has 3 aromatic rings. The molecule has 1 saturated heterocycles. The van der Waals surface area contributed by atoms with Crippen molar-refractivity contribution in [3.8, 4) is 0 Å². The van der Waals surface area contributed by atoms with Crippen LogP contribution < -0.4 is 11.2 Å². The number of nitrogens with zero attached hydrogens (tertiary/aromatic N) is 6. The lowest BCUT2D eigenvalue weighted by Crippen LogP contribution is -2.52. The molecule has 1 fully saturated rings. The summed E-state index contributed by atoms with van der Waals surface area (Å²) in [5, 5.41) is 10.6. The molecule has 1 unspecified atom stereocenters. The molecule has 0 bridgehead atoms. The Morgan fingerprint density at radius 1 is 1.20 bits per heavy atom. The van der Waals surface area contributed by atoms with Gasteiger partial charge in [0.15, 0.2) is 16.9 Å². The molecular formula is C19H24N6O5. The molecule has 11 nitrogen and oxygen atoms in total. The maximum Gasteiger partial charge on any atom is 0.332 e. The number of amides is 1. The first kappa shape index (κ1) is 20.1. The largest absolute Gasteiger partial charge is 0.459 e. The Kier molecular flexibility index (Phi) is 5.31. The van der Waals surface area contributed by atoms with Crippen LogP contribution >= 0.6 is 0 Å². The van der Waals surface area contributed by atoms with Crippen molar-refractivity contribution >= 4 is 17.1 Å². The van der Waals surface area contributed by atoms with Gasteiger partial charge in [-0.05, 0) is 12.1 Å². The summed E-state index contributed by atoms with van der Waals surface area (Å²) in [6.45, 7) is 2.43. The number of furan rings is 1. The van der Waals surface area contributed by atoms with Crippen molar-refractivity contribution in [1.29, 1.82) is 0 Å². The average Bonchev–Trinajstić information content (AvgIpc) is 3.44. The highest BCUT2D eigenvalue weighted by Gasteiger charge is 2.27. The Balaban J connectivity index is 1.39. The third kappa shape index (κ3) is 3.46. The third-order valence-electron chi connectivity index (χ3n) is 5.60. The normalized spacial score (nSPS) is 16.3. The van der Waals surface area contributed by atoms with Gasteiger partial charge in [-0.2, -0.15) is 0 Å². The fourth-order valence-electron chi connectivity index (χ4n) is 3.78. The number of hydrogen-bond acceptors (Lipinski definition) is 7. The lowest BCUT2D eigenvalue weighted by atomic mass is 10.2. The summed E-state index contributed by atoms with van der Waals surface area (Å²) in [6.07, 6.45) is 2.64. The number of rotatable bonds is 5. The van der Waals surface area contributed by atoms with Gasteiger partial charge >= 0.3 is 5.69 Å². The van der Waals surface area contributed by atoms with Gasteiger partial charge in [-0.15, -0.1) is 0 Å². The second-order valence-electron chi connectivity index (χ2n) is 7.39. The first-order valence-electron chi connectivity index (χ1n) is 9.74. The van der Waals surface area contributed by atoms with Crippen LogP contribution in [0.2, 0.25) is 0 Å². The van der Waals surface area contributed by atoms with Crippen molar-refractivity contribution in [2.24, 2.45) is 14.1 Å². The summed E-state index contributed by atoms with van der Waals surface area (Å²) in [5.74, 6) is 0.160. The number of fused-ring (bicyclic) bond motifs is 1. The lowest BCUT2D eigenvalue weighted by molar-refractivity contribution is -0.0290. The number of piperazine rings is 1. The molecule has 30 heavy (non-hydrogen) atoms. The summed E-state index contributed by atoms with van der Waals surface area (Å²) in [7, 11) is 3.00. The first-order chi connectivity index (χ1) is 14.4. The van der Waals surface area contributed by atoms with Crippen LogP contribution in [-0.4, -0.2) is 71.9 Å². The number of hydrogen-bond donors (Lipinski definition) is 1. The minimum Gasteiger partial charge on any atom is -0.459 e. The smallest absolute Gasteiger partial charge is 0.332 e. The molecule has 0 radical (unpaired) electrons. The maximum absolute atomic E-state index is 12.5. The summed E-state index contributed by atoms with van der Waals surface area (Å²) >= 11 is 0. The first-order valence-corrected chi connectivity index (χ1v) is 9.74. The van der Waals surface area contributed by atoms with E-state index < -0.39 is 17.5 Å². The van der Waals surface area contributed by atoms with Crippen LogP contribution in [0, 0.1) is 0 Å². The van der Waals surface area contributed by atoms with Crippen LogP contribution in [0.1, 0.15) is 17.0 Å². The Hall–Kier alpha value is -3.18. The number of aliphatic hydroxyl groups excluding tert-OH is 1. The molecule has 1 aliphatic rings. The maximum atomic E-state index is 12.5. The molecule has 11 heteroatoms. The van der Waals surface area contributed by atoms with Gasteiger partial charge in [0.05, 0.1) is 12.6 Å². The Bertz CT molecular complexity index is 1170. The van der Waals surface area contributed by atoms with E-state index in [9.17, 15) is 19.5 Å². The second kappa shape index (κ2) is 7.92. The van der Waals surface area contributed by atoms with E-state index in [1.807, 2.05) is 4.90 Å². The zero-order valence-electron chi connectivity index (χ0n) is 16.9. The van der Waals surface area contributed by atoms with Crippen molar-refractivity contribution in [3.63, 3.8) is 0 Å². The van der Waals surface area contributed by atoms with Crippen LogP contribution in [0.4, 0.5) is 0 Å². The van der Waals surface area contributed by atoms with Gasteiger partial charge in [0, 0.05) is 53.2 Å². The van der Waals surface area contributed by atoms with Crippen molar-refractivity contribution in [2.45, 2.75) is 19.2 Å². The van der Waals surface area contributed by atoms with E-state index in [4.69, 9.17) is 4.42 Å². The molecule has 0 aromatic carbocycles. The van der Waals surface area contributed by atoms with Crippen LogP contribution in [0.25, 0.3) is 11.2 Å². The van der Waals surface area contributed by atoms with E-state index in [1.54, 1.807) is 28.6 Å². The van der Waals surface area contributed by atoms with Gasteiger partial charge < -0.3 is 19.0 Å². The van der Waals surface area contributed by atoms with Gasteiger partial charge in [-0.25, -0.2) is 9.78 Å². The van der Waals surface area contributed by atoms with Crippen LogP contribution in [-0.2, 0) is 20.6 Å². The van der Waals surface area contributed by atoms with Crippen LogP contribution in [0.3, 0.4) is 0 Å². The molecule has 0 spiro atoms. The van der Waals surface area contributed by atoms with Gasteiger partial charge in [0.25, 0.3) is 11.5 Å². The van der Waals surface area contributed by atoms with E-state index in [1.165, 1.54) is 24.2 Å². The molecule has 1 atom stereocenters. The van der Waals surface area contributed by atoms with Crippen LogP contribution in [0.15, 0.2) is 38.7 Å². The zero-order valence-corrected chi connectivity index (χ0v) is 16.9. The molecule has 1 amide bonds. The van der Waals surface area contributed by atoms with E-state index in [0.717, 1.165) is 4.57 Å². The van der Waals surface area contributed by atoms with Crippen molar-refractivity contribution < 1.29 is 14.3 Å². The van der Waals surface area contributed by atoms with Crippen LogP contribution in [0.5, 0.6) is 0 Å². The molecule has 1 aliphatic heterocycles. The summed E-state index contributed by atoms with van der Waals surface area (Å²) in [5.41, 5.74) is -0.187. The summed E-state index contributed by atoms with van der Waals surface area (Å²) < 4.78 is 9.20. The number of aliphatic hydroxyl groups is 1. The molecule has 1 N–H and O–H groups in total. The highest BCUT2D eigenvalue weighted by molar-refractivity contribution is 5.91. The minimum atomic E-state index is -0.723. The predicted molar refractivity (Wildman–Crippen MR) is 107 cm³/mol. The molecule has 4 heterocycles. The monoisotopic (exact) mass is 416 g/mol. The van der Waals surface area contributed by atoms with Crippen molar-refractivity contribution in [2.75, 3.05) is 26.2 Å². The summed E-state index contributed by atoms with van der Waals surface area (Å²) in [4.78, 5) is 44.7. The summed E-state index contributed by atoms with van der Waals surface area (Å²) in [6, 6.07) is 3.32. The highest BCUT2D eigenvalue weighted by Crippen LogP contribution is 2.13. The Morgan fingerprint density at radius 2 is 1.93 bits per heavy atom. The van der Waals surface area contributed by atoms with E-state index in [0.29, 0.717) is 56.1 Å². The van der Waals surface area contributed by atoms with Crippen molar-refractivity contribution in [3.05, 3.63) is 51.3 Å². The van der Waals surface area contributed by atoms with E-state index in [-0.39, 0.29) is 5.91 Å². The van der Waals surface area contributed by atoms with E-state index in [2.05, 4.69) is 4.98 Å². The molecular weight excluding hydrogens is 392 g/mol. The Labute approximate surface area is 171 Å². The number of aryl methyl sites for hydroxylation is 2. The fraction of sp³-hybridized carbons (Fsp3) is 0.474. The predicted octanol–water partition coefficient (Wildman–Crippen LogP) is -0.807. The quantitative estimate of drug-likeness (QED) is 0.578. The number of aromatic nitrogens is 4. The van der Waals surface area contributed by atoms with Gasteiger partial charge in [0.2, 0.25) is 0 Å². The average molecular weight is 416 g/mol. The molecule has 4 rings (SSSR count). The number of carbonyl (C=O) groups excluding carboxylic acids is 1. The number of carbonyl (C=O) groups is 1. The molecule has 160 valence electrons. The van der Waals surface area contributed by atoms with E-state index >= 15 is 0 Å². The Morgan fingerprint density at radius 3 is 2.60 bits per heavy atom. The van der Waals surface area contributed by atoms with Crippen molar-refractivity contribution in [1.82, 2.24) is 28.5 Å². The van der Waals surface area contributed by atoms with Gasteiger partial charge in [-0.1, -0.05) is 0 Å². The minimum absolute atomic E-state index is 0.152. The number of imidazole rings is 1. The van der Waals surface area contributed by atoms with Gasteiger partial charge in [-0.3, -0.25) is 23.6 Å². The molecule has 0 aliphatic carbocycles. The van der Waals surface area contributed by atoms with Gasteiger partial charge in [0.1, 0.15) is 6.23 Å². The topological polar surface area (TPSA) is 119 Å². The molecule has 3 aromatic heterocycles. The standard InChI is InChI=1S/C19H24N6O5/c1-21-16-15(18(28)22(2)19(21)29)25(12-20-16)6-5-14(26)23-7-9-24(10-8-23)17(27)13-4-3-11-30-13/h3-4,11-12,14,26H,5-10H2,1-2H3. The SMILES string of the molecule is Cn1c(=O)c2c(ncn2CCC(O)N2CCN(C(=O)c3ccco3)CC2)n(C)c1=O. The zero-order chi connectivity index (χ0) is 21.4. The second-order valence-corrected chi connectivity index (χ2v) is 7.39. The highest BCUT2D eigenvalue weighted by atomic mass is 16.3. The third-order valence-corrected chi connectivity index (χ3v) is 5.60. The fourth-order valence-corrected chi connectivity index (χ4v) is 3.78. The lowest BCUT2D eigenvalue weighted by Gasteiger charge is -2.37.